The molecule has 1 saturated heterocycles. The summed E-state index contributed by atoms with van der Waals surface area (Å²) in [5.74, 6) is -0.276. The Hall–Kier alpha value is -1.87. The molecular formula is C25H35N3O4S2. The molecule has 0 radical (unpaired) electrons. The molecule has 2 aromatic rings. The summed E-state index contributed by atoms with van der Waals surface area (Å²) in [7, 11) is 0. The van der Waals surface area contributed by atoms with Gasteiger partial charge >= 0.3 is 5.97 Å². The van der Waals surface area contributed by atoms with E-state index in [4.69, 9.17) is 9.72 Å². The van der Waals surface area contributed by atoms with Crippen molar-refractivity contribution in [1.82, 2.24) is 14.5 Å². The largest absolute Gasteiger partial charge is 0.464 e. The van der Waals surface area contributed by atoms with Crippen LogP contribution in [0.25, 0.3) is 10.2 Å². The maximum absolute atomic E-state index is 13.7. The molecule has 1 amide bonds. The predicted octanol–water partition coefficient (Wildman–Crippen LogP) is 4.73. The van der Waals surface area contributed by atoms with Crippen LogP contribution in [-0.4, -0.2) is 51.3 Å². The number of piperidine rings is 1. The summed E-state index contributed by atoms with van der Waals surface area (Å²) >= 11 is 2.96. The average Bonchev–Trinajstić information content (AvgIpc) is 3.03. The lowest BCUT2D eigenvalue weighted by molar-refractivity contribution is -0.155. The molecule has 7 nitrogen and oxygen atoms in total. The van der Waals surface area contributed by atoms with Crippen molar-refractivity contribution in [2.24, 2.45) is 0 Å². The molecule has 1 aliphatic carbocycles. The highest BCUT2D eigenvalue weighted by atomic mass is 32.2. The van der Waals surface area contributed by atoms with Gasteiger partial charge in [-0.3, -0.25) is 14.2 Å². The van der Waals surface area contributed by atoms with Gasteiger partial charge in [-0.1, -0.05) is 25.1 Å². The van der Waals surface area contributed by atoms with Crippen LogP contribution in [0.4, 0.5) is 0 Å². The number of fused-ring (bicyclic) bond motifs is 3. The molecule has 3 heterocycles. The molecule has 186 valence electrons. The molecule has 2 aromatic heterocycles. The minimum atomic E-state index is -0.512. The lowest BCUT2D eigenvalue weighted by Crippen LogP contribution is -2.49. The molecule has 0 N–H and O–H groups in total. The molecule has 0 unspecified atom stereocenters. The van der Waals surface area contributed by atoms with Gasteiger partial charge in [-0.05, 0) is 70.8 Å². The van der Waals surface area contributed by atoms with Gasteiger partial charge < -0.3 is 9.64 Å². The van der Waals surface area contributed by atoms with E-state index in [0.717, 1.165) is 55.2 Å². The number of rotatable bonds is 7. The van der Waals surface area contributed by atoms with E-state index >= 15 is 0 Å². The Balaban J connectivity index is 1.62. The van der Waals surface area contributed by atoms with Crippen molar-refractivity contribution in [2.45, 2.75) is 95.8 Å². The summed E-state index contributed by atoms with van der Waals surface area (Å²) in [4.78, 5) is 48.0. The van der Waals surface area contributed by atoms with Gasteiger partial charge in [0, 0.05) is 17.5 Å². The van der Waals surface area contributed by atoms with E-state index in [0.29, 0.717) is 24.7 Å². The normalized spacial score (nSPS) is 19.5. The number of thiophene rings is 1. The fraction of sp³-hybridized carbons (Fsp3) is 0.680. The zero-order valence-corrected chi connectivity index (χ0v) is 22.1. The Bertz CT molecular complexity index is 1110. The Morgan fingerprint density at radius 2 is 1.97 bits per heavy atom. The standard InChI is InChI=1S/C25H35N3O4S2/c1-4-16(3)28-23(30)21-17-11-7-6-8-13-19(17)34-22(21)26-25(28)33-15-20(29)27-14-10-9-12-18(27)24(31)32-5-2/h16,18H,4-15H2,1-3H3/t16-,18-/m1/s1. The van der Waals surface area contributed by atoms with Crippen molar-refractivity contribution in [2.75, 3.05) is 18.9 Å². The Kier molecular flexibility index (Phi) is 8.34. The fourth-order valence-electron chi connectivity index (χ4n) is 4.97. The van der Waals surface area contributed by atoms with Gasteiger partial charge in [-0.15, -0.1) is 11.3 Å². The van der Waals surface area contributed by atoms with Gasteiger partial charge in [0.2, 0.25) is 5.91 Å². The summed E-state index contributed by atoms with van der Waals surface area (Å²) in [6.07, 6.45) is 8.68. The first-order valence-corrected chi connectivity index (χ1v) is 14.4. The molecule has 0 saturated carbocycles. The topological polar surface area (TPSA) is 81.5 Å². The molecule has 1 aliphatic heterocycles. The van der Waals surface area contributed by atoms with Gasteiger partial charge in [0.1, 0.15) is 10.9 Å². The van der Waals surface area contributed by atoms with Crippen LogP contribution in [0.15, 0.2) is 9.95 Å². The number of nitrogens with zero attached hydrogens (tertiary/aromatic N) is 3. The third-order valence-electron chi connectivity index (χ3n) is 6.98. The summed E-state index contributed by atoms with van der Waals surface area (Å²) in [6.45, 7) is 6.75. The van der Waals surface area contributed by atoms with Crippen molar-refractivity contribution in [3.63, 3.8) is 0 Å². The number of hydrogen-bond donors (Lipinski definition) is 0. The van der Waals surface area contributed by atoms with E-state index in [2.05, 4.69) is 6.92 Å². The number of amides is 1. The first kappa shape index (κ1) is 25.2. The zero-order chi connectivity index (χ0) is 24.2. The minimum absolute atomic E-state index is 0.00871. The quantitative estimate of drug-likeness (QED) is 0.234. The van der Waals surface area contributed by atoms with E-state index in [1.807, 2.05) is 6.92 Å². The molecule has 4 rings (SSSR count). The number of aromatic nitrogens is 2. The second-order valence-electron chi connectivity index (χ2n) is 9.21. The van der Waals surface area contributed by atoms with Crippen LogP contribution >= 0.6 is 23.1 Å². The highest BCUT2D eigenvalue weighted by Gasteiger charge is 2.33. The van der Waals surface area contributed by atoms with Gasteiger partial charge in [-0.2, -0.15) is 0 Å². The van der Waals surface area contributed by atoms with Crippen LogP contribution in [0, 0.1) is 0 Å². The summed E-state index contributed by atoms with van der Waals surface area (Å²) in [5.41, 5.74) is 1.22. The third-order valence-corrected chi connectivity index (χ3v) is 9.10. The average molecular weight is 506 g/mol. The van der Waals surface area contributed by atoms with Crippen LogP contribution in [-0.2, 0) is 27.2 Å². The molecule has 2 aliphatic rings. The first-order chi connectivity index (χ1) is 16.5. The van der Waals surface area contributed by atoms with Gasteiger partial charge in [-0.25, -0.2) is 9.78 Å². The Labute approximate surface area is 209 Å². The molecule has 0 aromatic carbocycles. The van der Waals surface area contributed by atoms with Crippen LogP contribution in [0.3, 0.4) is 0 Å². The van der Waals surface area contributed by atoms with E-state index in [1.165, 1.54) is 28.6 Å². The molecule has 2 atom stereocenters. The monoisotopic (exact) mass is 505 g/mol. The Morgan fingerprint density at radius 3 is 2.74 bits per heavy atom. The van der Waals surface area contributed by atoms with Crippen LogP contribution in [0.2, 0.25) is 0 Å². The number of aryl methyl sites for hydroxylation is 2. The molecule has 0 bridgehead atoms. The minimum Gasteiger partial charge on any atom is -0.464 e. The highest BCUT2D eigenvalue weighted by molar-refractivity contribution is 7.99. The number of esters is 1. The van der Waals surface area contributed by atoms with Crippen LogP contribution in [0.5, 0.6) is 0 Å². The van der Waals surface area contributed by atoms with Crippen molar-refractivity contribution >= 4 is 45.2 Å². The number of likely N-dealkylation sites (tertiary alicyclic amines) is 1. The zero-order valence-electron chi connectivity index (χ0n) is 20.4. The van der Waals surface area contributed by atoms with E-state index in [-0.39, 0.29) is 29.2 Å². The second kappa shape index (κ2) is 11.2. The lowest BCUT2D eigenvalue weighted by atomic mass is 10.0. The summed E-state index contributed by atoms with van der Waals surface area (Å²) < 4.78 is 7.00. The number of carbonyl (C=O) groups is 2. The highest BCUT2D eigenvalue weighted by Crippen LogP contribution is 2.35. The van der Waals surface area contributed by atoms with Crippen molar-refractivity contribution in [3.8, 4) is 0 Å². The van der Waals surface area contributed by atoms with Gasteiger partial charge in [0.15, 0.2) is 5.16 Å². The lowest BCUT2D eigenvalue weighted by Gasteiger charge is -2.34. The number of carbonyl (C=O) groups excluding carboxylic acids is 2. The number of thioether (sulfide) groups is 1. The predicted molar refractivity (Wildman–Crippen MR) is 137 cm³/mol. The maximum Gasteiger partial charge on any atom is 0.328 e. The van der Waals surface area contributed by atoms with Crippen molar-refractivity contribution in [1.29, 1.82) is 0 Å². The number of hydrogen-bond acceptors (Lipinski definition) is 7. The molecule has 34 heavy (non-hydrogen) atoms. The third kappa shape index (κ3) is 5.05. The molecule has 1 fully saturated rings. The first-order valence-electron chi connectivity index (χ1n) is 12.6. The SMILES string of the molecule is CCOC(=O)[C@H]1CCCCN1C(=O)CSc1nc2sc3c(c2c(=O)n1[C@H](C)CC)CCCCC3. The molecular weight excluding hydrogens is 470 g/mol. The van der Waals surface area contributed by atoms with Crippen LogP contribution < -0.4 is 5.56 Å². The van der Waals surface area contributed by atoms with E-state index in [1.54, 1.807) is 27.7 Å². The maximum atomic E-state index is 13.7. The van der Waals surface area contributed by atoms with Gasteiger partial charge in [0.05, 0.1) is 17.7 Å². The van der Waals surface area contributed by atoms with E-state index in [9.17, 15) is 14.4 Å². The van der Waals surface area contributed by atoms with Crippen molar-refractivity contribution < 1.29 is 14.3 Å². The molecule has 0 spiro atoms. The second-order valence-corrected chi connectivity index (χ2v) is 11.2. The van der Waals surface area contributed by atoms with Crippen molar-refractivity contribution in [3.05, 3.63) is 20.8 Å². The smallest absolute Gasteiger partial charge is 0.328 e. The fourth-order valence-corrected chi connectivity index (χ4v) is 7.26. The van der Waals surface area contributed by atoms with E-state index < -0.39 is 6.04 Å². The molecule has 9 heteroatoms. The van der Waals surface area contributed by atoms with Gasteiger partial charge in [0.25, 0.3) is 5.56 Å². The van der Waals surface area contributed by atoms with Crippen LogP contribution in [0.1, 0.15) is 82.2 Å². The number of ether oxygens (including phenoxy) is 1. The Morgan fingerprint density at radius 1 is 1.18 bits per heavy atom. The summed E-state index contributed by atoms with van der Waals surface area (Å²) in [6, 6.07) is -0.521. The summed E-state index contributed by atoms with van der Waals surface area (Å²) in [5, 5.41) is 1.39.